The van der Waals surface area contributed by atoms with Crippen LogP contribution in [0.1, 0.15) is 47.5 Å². The maximum Gasteiger partial charge on any atom is 0.251 e. The van der Waals surface area contributed by atoms with Gasteiger partial charge in [-0.15, -0.1) is 5.10 Å². The van der Waals surface area contributed by atoms with Gasteiger partial charge in [-0.1, -0.05) is 17.3 Å². The van der Waals surface area contributed by atoms with E-state index in [4.69, 9.17) is 0 Å². The first-order valence-corrected chi connectivity index (χ1v) is 13.7. The maximum atomic E-state index is 13.4. The molecular formula is C29H36FN7O2. The van der Waals surface area contributed by atoms with E-state index in [2.05, 4.69) is 32.9 Å². The second kappa shape index (κ2) is 12.5. The first-order chi connectivity index (χ1) is 19.0. The third kappa shape index (κ3) is 7.07. The fraction of sp³-hybridized carbons (Fsp3) is 0.448. The molecule has 3 aromatic rings. The van der Waals surface area contributed by atoms with Gasteiger partial charge >= 0.3 is 0 Å². The van der Waals surface area contributed by atoms with Crippen LogP contribution >= 0.6 is 0 Å². The molecule has 0 radical (unpaired) electrons. The second-order valence-electron chi connectivity index (χ2n) is 10.5. The number of unbranched alkanes of at least 4 members (excludes halogenated alkanes) is 1. The van der Waals surface area contributed by atoms with Crippen molar-refractivity contribution in [2.24, 2.45) is 0 Å². The zero-order valence-corrected chi connectivity index (χ0v) is 22.3. The Kier molecular flexibility index (Phi) is 8.63. The van der Waals surface area contributed by atoms with E-state index in [0.29, 0.717) is 37.0 Å². The number of likely N-dealkylation sites (N-methyl/N-ethyl adjacent to an activating group) is 1. The number of nitrogens with zero attached hydrogens (tertiary/aromatic N) is 5. The summed E-state index contributed by atoms with van der Waals surface area (Å²) in [6, 6.07) is 13.7. The van der Waals surface area contributed by atoms with Crippen molar-refractivity contribution >= 4 is 11.8 Å². The molecule has 0 bridgehead atoms. The SMILES string of the molecule is CN1CCN(C(=O)[C@H](CCCCNC2C[C@H]2c2ccc(F)cc2)NC(=O)c2ccc(-n3ccnn3)cc2)CC1. The van der Waals surface area contributed by atoms with E-state index in [0.717, 1.165) is 44.6 Å². The van der Waals surface area contributed by atoms with Crippen LogP contribution in [0.25, 0.3) is 5.69 Å². The van der Waals surface area contributed by atoms with Crippen LogP contribution in [-0.4, -0.2) is 88.5 Å². The largest absolute Gasteiger partial charge is 0.340 e. The van der Waals surface area contributed by atoms with Crippen LogP contribution in [0, 0.1) is 5.82 Å². The highest BCUT2D eigenvalue weighted by Gasteiger charge is 2.37. The number of amides is 2. The summed E-state index contributed by atoms with van der Waals surface area (Å²) in [6.07, 6.45) is 6.70. The predicted octanol–water partition coefficient (Wildman–Crippen LogP) is 2.59. The van der Waals surface area contributed by atoms with E-state index in [1.54, 1.807) is 29.2 Å². The highest BCUT2D eigenvalue weighted by Crippen LogP contribution is 2.40. The number of benzene rings is 2. The minimum Gasteiger partial charge on any atom is -0.340 e. The summed E-state index contributed by atoms with van der Waals surface area (Å²) < 4.78 is 14.8. The topological polar surface area (TPSA) is 95.4 Å². The van der Waals surface area contributed by atoms with Gasteiger partial charge < -0.3 is 20.4 Å². The number of hydrogen-bond donors (Lipinski definition) is 2. The molecule has 3 atom stereocenters. The van der Waals surface area contributed by atoms with E-state index < -0.39 is 6.04 Å². The van der Waals surface area contributed by atoms with Gasteiger partial charge in [-0.3, -0.25) is 9.59 Å². The Hall–Kier alpha value is -3.63. The zero-order valence-electron chi connectivity index (χ0n) is 22.3. The van der Waals surface area contributed by atoms with Crippen molar-refractivity contribution in [2.45, 2.75) is 43.7 Å². The van der Waals surface area contributed by atoms with Crippen LogP contribution in [0.15, 0.2) is 60.9 Å². The van der Waals surface area contributed by atoms with Crippen LogP contribution in [0.3, 0.4) is 0 Å². The van der Waals surface area contributed by atoms with Crippen molar-refractivity contribution in [3.05, 3.63) is 77.9 Å². The lowest BCUT2D eigenvalue weighted by molar-refractivity contribution is -0.135. The normalized spacial score (nSPS) is 20.0. The Labute approximate surface area is 228 Å². The summed E-state index contributed by atoms with van der Waals surface area (Å²) in [5.41, 5.74) is 2.47. The molecule has 10 heteroatoms. The van der Waals surface area contributed by atoms with Crippen LogP contribution in [0.4, 0.5) is 4.39 Å². The monoisotopic (exact) mass is 533 g/mol. The van der Waals surface area contributed by atoms with Crippen molar-refractivity contribution in [2.75, 3.05) is 39.8 Å². The quantitative estimate of drug-likeness (QED) is 0.368. The molecular weight excluding hydrogens is 497 g/mol. The van der Waals surface area contributed by atoms with Crippen LogP contribution in [0.5, 0.6) is 0 Å². The van der Waals surface area contributed by atoms with E-state index in [9.17, 15) is 14.0 Å². The highest BCUT2D eigenvalue weighted by molar-refractivity contribution is 5.97. The maximum absolute atomic E-state index is 13.4. The lowest BCUT2D eigenvalue weighted by atomic mass is 10.1. The minimum absolute atomic E-state index is 0.0118. The van der Waals surface area contributed by atoms with Crippen molar-refractivity contribution in [1.29, 1.82) is 0 Å². The average Bonchev–Trinajstić information content (AvgIpc) is 3.51. The van der Waals surface area contributed by atoms with E-state index in [-0.39, 0.29) is 17.6 Å². The summed E-state index contributed by atoms with van der Waals surface area (Å²) in [6.45, 7) is 3.84. The molecule has 206 valence electrons. The number of carbonyl (C=O) groups is 2. The Morgan fingerprint density at radius 2 is 1.77 bits per heavy atom. The first kappa shape index (κ1) is 27.0. The van der Waals surface area contributed by atoms with Gasteiger partial charge in [-0.2, -0.15) is 0 Å². The molecule has 2 N–H and O–H groups in total. The molecule has 1 aliphatic carbocycles. The molecule has 1 aromatic heterocycles. The second-order valence-corrected chi connectivity index (χ2v) is 10.5. The molecule has 39 heavy (non-hydrogen) atoms. The molecule has 1 unspecified atom stereocenters. The van der Waals surface area contributed by atoms with E-state index in [1.807, 2.05) is 29.2 Å². The van der Waals surface area contributed by atoms with Gasteiger partial charge in [0.2, 0.25) is 5.91 Å². The molecule has 1 saturated heterocycles. The number of nitrogens with one attached hydrogen (secondary N) is 2. The fourth-order valence-corrected chi connectivity index (χ4v) is 5.12. The average molecular weight is 534 g/mol. The molecule has 2 amide bonds. The smallest absolute Gasteiger partial charge is 0.251 e. The Morgan fingerprint density at radius 3 is 2.46 bits per heavy atom. The van der Waals surface area contributed by atoms with Crippen molar-refractivity contribution in [3.8, 4) is 5.69 Å². The summed E-state index contributed by atoms with van der Waals surface area (Å²) in [5, 5.41) is 14.4. The molecule has 1 aliphatic heterocycles. The van der Waals surface area contributed by atoms with Crippen LogP contribution < -0.4 is 10.6 Å². The van der Waals surface area contributed by atoms with Gasteiger partial charge in [0.25, 0.3) is 5.91 Å². The van der Waals surface area contributed by atoms with Crippen molar-refractivity contribution in [3.63, 3.8) is 0 Å². The number of halogens is 1. The lowest BCUT2D eigenvalue weighted by Crippen LogP contribution is -2.54. The molecule has 0 spiro atoms. The third-order valence-electron chi connectivity index (χ3n) is 7.65. The standard InChI is InChI=1S/C29H36FN7O2/c1-35-16-18-36(19-17-35)29(39)26(33-28(38)22-7-11-24(12-8-22)37-15-14-32-34-37)4-2-3-13-31-27-20-25(27)21-5-9-23(30)10-6-21/h5-12,14-15,25-27,31H,2-4,13,16-20H2,1H3,(H,33,38)/t25-,26-,27?/m0/s1. The Morgan fingerprint density at radius 1 is 1.03 bits per heavy atom. The number of hydrogen-bond acceptors (Lipinski definition) is 6. The first-order valence-electron chi connectivity index (χ1n) is 13.7. The van der Waals surface area contributed by atoms with Crippen molar-refractivity contribution < 1.29 is 14.0 Å². The molecule has 1 saturated carbocycles. The molecule has 2 aromatic carbocycles. The highest BCUT2D eigenvalue weighted by atomic mass is 19.1. The van der Waals surface area contributed by atoms with E-state index >= 15 is 0 Å². The predicted molar refractivity (Wildman–Crippen MR) is 146 cm³/mol. The number of aromatic nitrogens is 3. The molecule has 5 rings (SSSR count). The van der Waals surface area contributed by atoms with Gasteiger partial charge in [-0.05, 0) is 81.2 Å². The Balaban J connectivity index is 1.13. The van der Waals surface area contributed by atoms with Crippen LogP contribution in [-0.2, 0) is 4.79 Å². The molecule has 2 heterocycles. The molecule has 2 aliphatic rings. The van der Waals surface area contributed by atoms with Gasteiger partial charge in [0.15, 0.2) is 0 Å². The summed E-state index contributed by atoms with van der Waals surface area (Å²) >= 11 is 0. The van der Waals surface area contributed by atoms with Crippen molar-refractivity contribution in [1.82, 2.24) is 35.4 Å². The van der Waals surface area contributed by atoms with Gasteiger partial charge in [0.05, 0.1) is 18.1 Å². The van der Waals surface area contributed by atoms with Crippen LogP contribution in [0.2, 0.25) is 0 Å². The number of piperazine rings is 1. The minimum atomic E-state index is -0.566. The van der Waals surface area contributed by atoms with E-state index in [1.165, 1.54) is 17.7 Å². The summed E-state index contributed by atoms with van der Waals surface area (Å²) in [5.74, 6) is -0.0408. The Bertz CT molecular complexity index is 1230. The summed E-state index contributed by atoms with van der Waals surface area (Å²) in [4.78, 5) is 30.6. The van der Waals surface area contributed by atoms with Gasteiger partial charge in [-0.25, -0.2) is 9.07 Å². The van der Waals surface area contributed by atoms with Gasteiger partial charge in [0.1, 0.15) is 11.9 Å². The summed E-state index contributed by atoms with van der Waals surface area (Å²) in [7, 11) is 2.05. The number of rotatable bonds is 11. The van der Waals surface area contributed by atoms with Gasteiger partial charge in [0, 0.05) is 43.7 Å². The zero-order chi connectivity index (χ0) is 27.2. The fourth-order valence-electron chi connectivity index (χ4n) is 5.12. The molecule has 9 nitrogen and oxygen atoms in total. The third-order valence-corrected chi connectivity index (χ3v) is 7.65. The lowest BCUT2D eigenvalue weighted by Gasteiger charge is -2.34. The number of carbonyl (C=O) groups excluding carboxylic acids is 2. The molecule has 2 fully saturated rings.